The number of phenols is 1. The van der Waals surface area contributed by atoms with Crippen LogP contribution in [0.1, 0.15) is 58.2 Å². The van der Waals surface area contributed by atoms with Crippen LogP contribution in [0.15, 0.2) is 17.2 Å². The standard InChI is InChI=1S/C16H26O7P2/c1-15(2,3)11-7-10(8-12(14(11)17)16(4,5)6)9-13(24(18,19)20)25(21,22)23/h7-9,17H,1-6H3,(H2,18,19,20)(H2,21,22,23). The van der Waals surface area contributed by atoms with E-state index in [2.05, 4.69) is 0 Å². The van der Waals surface area contributed by atoms with Crippen LogP contribution in [0.2, 0.25) is 0 Å². The second-order valence-electron chi connectivity index (χ2n) is 8.06. The molecule has 0 unspecified atom stereocenters. The third-order valence-corrected chi connectivity index (χ3v) is 6.66. The predicted molar refractivity (Wildman–Crippen MR) is 97.6 cm³/mol. The molecule has 142 valence electrons. The van der Waals surface area contributed by atoms with E-state index in [0.717, 1.165) is 6.08 Å². The third kappa shape index (κ3) is 5.52. The lowest BCUT2D eigenvalue weighted by Crippen LogP contribution is -2.17. The third-order valence-electron chi connectivity index (χ3n) is 3.64. The van der Waals surface area contributed by atoms with Crippen LogP contribution >= 0.6 is 15.2 Å². The summed E-state index contributed by atoms with van der Waals surface area (Å²) in [4.78, 5) is 37.2. The Morgan fingerprint density at radius 2 is 1.16 bits per heavy atom. The second-order valence-corrected chi connectivity index (χ2v) is 11.5. The van der Waals surface area contributed by atoms with E-state index in [1.807, 2.05) is 41.5 Å². The lowest BCUT2D eigenvalue weighted by Gasteiger charge is -2.28. The number of hydrogen-bond donors (Lipinski definition) is 5. The average molecular weight is 392 g/mol. The lowest BCUT2D eigenvalue weighted by molar-refractivity contribution is 0.368. The van der Waals surface area contributed by atoms with Crippen LogP contribution in [-0.4, -0.2) is 24.7 Å². The molecule has 0 bridgehead atoms. The van der Waals surface area contributed by atoms with Crippen molar-refractivity contribution in [3.8, 4) is 5.75 Å². The van der Waals surface area contributed by atoms with E-state index < -0.39 is 31.1 Å². The molecule has 7 nitrogen and oxygen atoms in total. The first-order valence-electron chi connectivity index (χ1n) is 7.57. The molecule has 1 rings (SSSR count). The first-order chi connectivity index (χ1) is 10.8. The van der Waals surface area contributed by atoms with Gasteiger partial charge in [0.15, 0.2) is 5.06 Å². The van der Waals surface area contributed by atoms with Gasteiger partial charge >= 0.3 is 15.2 Å². The van der Waals surface area contributed by atoms with E-state index in [-0.39, 0.29) is 11.3 Å². The van der Waals surface area contributed by atoms with Crippen molar-refractivity contribution in [1.29, 1.82) is 0 Å². The topological polar surface area (TPSA) is 135 Å². The molecule has 0 aromatic heterocycles. The van der Waals surface area contributed by atoms with Crippen LogP contribution in [0, 0.1) is 0 Å². The number of phenolic OH excluding ortho intramolecular Hbond substituents is 1. The van der Waals surface area contributed by atoms with E-state index >= 15 is 0 Å². The summed E-state index contributed by atoms with van der Waals surface area (Å²) < 4.78 is 23.0. The Morgan fingerprint density at radius 3 is 1.40 bits per heavy atom. The number of aromatic hydroxyl groups is 1. The van der Waals surface area contributed by atoms with Gasteiger partial charge in [0.05, 0.1) is 0 Å². The zero-order valence-electron chi connectivity index (χ0n) is 15.2. The van der Waals surface area contributed by atoms with Crippen molar-refractivity contribution < 1.29 is 33.8 Å². The van der Waals surface area contributed by atoms with Gasteiger partial charge in [0.2, 0.25) is 0 Å². The first-order valence-corrected chi connectivity index (χ1v) is 10.8. The summed E-state index contributed by atoms with van der Waals surface area (Å²) in [6, 6.07) is 2.96. The Hall–Kier alpha value is -0.940. The summed E-state index contributed by atoms with van der Waals surface area (Å²) in [5.41, 5.74) is 0.259. The Labute approximate surface area is 147 Å². The molecule has 0 heterocycles. The van der Waals surface area contributed by atoms with Crippen molar-refractivity contribution >= 4 is 21.3 Å². The molecule has 0 saturated heterocycles. The molecule has 0 amide bonds. The molecule has 5 N–H and O–H groups in total. The van der Waals surface area contributed by atoms with E-state index in [9.17, 15) is 33.8 Å². The van der Waals surface area contributed by atoms with Gasteiger partial charge in [-0.15, -0.1) is 0 Å². The van der Waals surface area contributed by atoms with Gasteiger partial charge in [-0.25, -0.2) is 0 Å². The SMILES string of the molecule is CC(C)(C)c1cc(C=C(P(=O)(O)O)P(=O)(O)O)cc(C(C)(C)C)c1O. The van der Waals surface area contributed by atoms with E-state index in [4.69, 9.17) is 0 Å². The van der Waals surface area contributed by atoms with Crippen LogP contribution in [0.3, 0.4) is 0 Å². The lowest BCUT2D eigenvalue weighted by atomic mass is 9.78. The zero-order chi connectivity index (χ0) is 20.0. The smallest absolute Gasteiger partial charge is 0.364 e. The summed E-state index contributed by atoms with van der Waals surface area (Å²) in [5.74, 6) is 0.0612. The molecule has 0 aliphatic carbocycles. The molecule has 25 heavy (non-hydrogen) atoms. The zero-order valence-corrected chi connectivity index (χ0v) is 17.0. The van der Waals surface area contributed by atoms with Crippen molar-refractivity contribution in [2.75, 3.05) is 0 Å². The maximum Gasteiger partial charge on any atom is 0.364 e. The largest absolute Gasteiger partial charge is 0.507 e. The van der Waals surface area contributed by atoms with Gasteiger partial charge in [-0.3, -0.25) is 9.13 Å². The molecular formula is C16H26O7P2. The van der Waals surface area contributed by atoms with Gasteiger partial charge in [0, 0.05) is 11.1 Å². The monoisotopic (exact) mass is 392 g/mol. The fourth-order valence-corrected chi connectivity index (χ4v) is 4.36. The quantitative estimate of drug-likeness (QED) is 0.496. The van der Waals surface area contributed by atoms with Crippen molar-refractivity contribution in [2.24, 2.45) is 0 Å². The molecule has 1 aromatic rings. The first kappa shape index (κ1) is 22.1. The second kappa shape index (κ2) is 6.66. The van der Waals surface area contributed by atoms with Gasteiger partial charge in [-0.2, -0.15) is 0 Å². The molecule has 0 fully saturated rings. The minimum Gasteiger partial charge on any atom is -0.507 e. The average Bonchev–Trinajstić information content (AvgIpc) is 2.31. The normalized spacial score (nSPS) is 13.7. The highest BCUT2D eigenvalue weighted by atomic mass is 31.2. The number of benzene rings is 1. The molecular weight excluding hydrogens is 366 g/mol. The Balaban J connectivity index is 3.86. The molecule has 0 saturated carbocycles. The summed E-state index contributed by atoms with van der Waals surface area (Å²) in [6.45, 7) is 11.1. The van der Waals surface area contributed by atoms with Crippen molar-refractivity contribution in [3.05, 3.63) is 33.9 Å². The molecule has 0 aliphatic heterocycles. The number of hydrogen-bond acceptors (Lipinski definition) is 3. The molecule has 0 atom stereocenters. The van der Waals surface area contributed by atoms with Crippen molar-refractivity contribution in [2.45, 2.75) is 52.4 Å². The van der Waals surface area contributed by atoms with Crippen molar-refractivity contribution in [3.63, 3.8) is 0 Å². The minimum absolute atomic E-state index is 0.0612. The van der Waals surface area contributed by atoms with Crippen LogP contribution in [0.5, 0.6) is 5.75 Å². The Bertz CT molecular complexity index is 727. The maximum atomic E-state index is 11.5. The molecule has 0 aliphatic rings. The maximum absolute atomic E-state index is 11.5. The summed E-state index contributed by atoms with van der Waals surface area (Å²) >= 11 is 0. The van der Waals surface area contributed by atoms with Gasteiger partial charge < -0.3 is 24.7 Å². The molecule has 9 heteroatoms. The molecule has 0 radical (unpaired) electrons. The van der Waals surface area contributed by atoms with Gasteiger partial charge in [-0.1, -0.05) is 41.5 Å². The van der Waals surface area contributed by atoms with E-state index in [1.165, 1.54) is 12.1 Å². The van der Waals surface area contributed by atoms with Crippen LogP contribution < -0.4 is 0 Å². The highest BCUT2D eigenvalue weighted by Crippen LogP contribution is 2.64. The van der Waals surface area contributed by atoms with E-state index in [1.54, 1.807) is 0 Å². The molecule has 1 aromatic carbocycles. The molecule has 0 spiro atoms. The highest BCUT2D eigenvalue weighted by molar-refractivity contribution is 7.77. The summed E-state index contributed by atoms with van der Waals surface area (Å²) in [6.07, 6.45) is 0.811. The van der Waals surface area contributed by atoms with Gasteiger partial charge in [0.1, 0.15) is 5.75 Å². The minimum atomic E-state index is -5.15. The van der Waals surface area contributed by atoms with Gasteiger partial charge in [-0.05, 0) is 34.6 Å². The van der Waals surface area contributed by atoms with Crippen molar-refractivity contribution in [1.82, 2.24) is 0 Å². The fourth-order valence-electron chi connectivity index (χ4n) is 2.37. The van der Waals surface area contributed by atoms with Crippen LogP contribution in [-0.2, 0) is 20.0 Å². The summed E-state index contributed by atoms with van der Waals surface area (Å²) in [7, 11) is -10.3. The summed E-state index contributed by atoms with van der Waals surface area (Å²) in [5, 5.41) is 9.37. The number of rotatable bonds is 3. The Kier molecular flexibility index (Phi) is 5.88. The highest BCUT2D eigenvalue weighted by Gasteiger charge is 2.36. The van der Waals surface area contributed by atoms with Crippen LogP contribution in [0.4, 0.5) is 0 Å². The van der Waals surface area contributed by atoms with Crippen LogP contribution in [0.25, 0.3) is 6.08 Å². The van der Waals surface area contributed by atoms with Gasteiger partial charge in [0.25, 0.3) is 0 Å². The fraction of sp³-hybridized carbons (Fsp3) is 0.500. The Morgan fingerprint density at radius 1 is 0.840 bits per heavy atom. The predicted octanol–water partition coefficient (Wildman–Crippen LogP) is 3.64. The van der Waals surface area contributed by atoms with E-state index in [0.29, 0.717) is 11.1 Å².